The summed E-state index contributed by atoms with van der Waals surface area (Å²) in [6, 6.07) is 18.3. The highest BCUT2D eigenvalue weighted by Crippen LogP contribution is 2.18. The summed E-state index contributed by atoms with van der Waals surface area (Å²) in [5.74, 6) is 0.773. The quantitative estimate of drug-likeness (QED) is 0.449. The number of ether oxygens (including phenoxy) is 1. The molecule has 4 aromatic rings. The van der Waals surface area contributed by atoms with Crippen molar-refractivity contribution in [3.05, 3.63) is 87.5 Å². The minimum absolute atomic E-state index is 0.0663. The number of H-pyrrole nitrogens is 1. The fourth-order valence-electron chi connectivity index (χ4n) is 4.40. The zero-order valence-corrected chi connectivity index (χ0v) is 18.8. The fraction of sp³-hybridized carbons (Fsp3) is 0.360. The zero-order chi connectivity index (χ0) is 22.6. The number of hydrogen-bond donors (Lipinski definition) is 1. The van der Waals surface area contributed by atoms with E-state index in [0.717, 1.165) is 47.3 Å². The smallest absolute Gasteiger partial charge is 0.252 e. The molecule has 170 valence electrons. The van der Waals surface area contributed by atoms with Crippen molar-refractivity contribution >= 4 is 10.9 Å². The second-order valence-corrected chi connectivity index (χ2v) is 8.76. The number of aromatic nitrogens is 5. The molecule has 2 aromatic carbocycles. The summed E-state index contributed by atoms with van der Waals surface area (Å²) in [6.07, 6.45) is 2.26. The number of tetrazole rings is 1. The van der Waals surface area contributed by atoms with Crippen LogP contribution in [0.5, 0.6) is 0 Å². The maximum absolute atomic E-state index is 12.9. The first kappa shape index (κ1) is 21.5. The van der Waals surface area contributed by atoms with Gasteiger partial charge in [-0.25, -0.2) is 4.68 Å². The standard InChI is InChI=1S/C25H28N6O2/c1-18-9-10-23-20(12-18)13-21(25(32)26-23)15-30(14-19-6-3-2-4-7-19)17-24-27-28-29-31(24)16-22-8-5-11-33-22/h2-4,6-7,9-10,12-13,22H,5,8,11,14-17H2,1H3,(H,26,32)/t22-/m1/s1. The highest BCUT2D eigenvalue weighted by atomic mass is 16.5. The number of pyridine rings is 1. The molecule has 0 amide bonds. The molecule has 8 heteroatoms. The minimum atomic E-state index is -0.0663. The Labute approximate surface area is 192 Å². The summed E-state index contributed by atoms with van der Waals surface area (Å²) in [6.45, 7) is 5.20. The van der Waals surface area contributed by atoms with E-state index in [1.807, 2.05) is 41.1 Å². The number of fused-ring (bicyclic) bond motifs is 1. The highest BCUT2D eigenvalue weighted by Gasteiger charge is 2.20. The average Bonchev–Trinajstić information content (AvgIpc) is 3.48. The fourth-order valence-corrected chi connectivity index (χ4v) is 4.40. The molecule has 3 heterocycles. The molecule has 33 heavy (non-hydrogen) atoms. The molecule has 0 unspecified atom stereocenters. The van der Waals surface area contributed by atoms with Crippen molar-refractivity contribution < 1.29 is 4.74 Å². The molecule has 1 saturated heterocycles. The van der Waals surface area contributed by atoms with E-state index in [4.69, 9.17) is 4.74 Å². The second kappa shape index (κ2) is 9.64. The SMILES string of the molecule is Cc1ccc2[nH]c(=O)c(CN(Cc3ccccc3)Cc3nnnn3C[C@H]3CCCO3)cc2c1. The Balaban J connectivity index is 1.42. The Hall–Kier alpha value is -3.36. The van der Waals surface area contributed by atoms with E-state index in [0.29, 0.717) is 26.2 Å². The maximum Gasteiger partial charge on any atom is 0.252 e. The third kappa shape index (κ3) is 5.18. The van der Waals surface area contributed by atoms with E-state index in [2.05, 4.69) is 50.5 Å². The third-order valence-electron chi connectivity index (χ3n) is 6.09. The molecule has 1 aliphatic rings. The van der Waals surface area contributed by atoms with Crippen molar-refractivity contribution in [1.29, 1.82) is 0 Å². The van der Waals surface area contributed by atoms with Crippen molar-refractivity contribution in [1.82, 2.24) is 30.1 Å². The Bertz CT molecular complexity index is 1280. The summed E-state index contributed by atoms with van der Waals surface area (Å²) in [7, 11) is 0. The van der Waals surface area contributed by atoms with Crippen molar-refractivity contribution in [2.75, 3.05) is 6.61 Å². The summed E-state index contributed by atoms with van der Waals surface area (Å²) < 4.78 is 7.60. The molecule has 1 fully saturated rings. The number of aromatic amines is 1. The summed E-state index contributed by atoms with van der Waals surface area (Å²) in [5.41, 5.74) is 3.84. The van der Waals surface area contributed by atoms with Crippen LogP contribution in [0.2, 0.25) is 0 Å². The normalized spacial score (nSPS) is 16.1. The molecular weight excluding hydrogens is 416 g/mol. The monoisotopic (exact) mass is 444 g/mol. The van der Waals surface area contributed by atoms with E-state index >= 15 is 0 Å². The van der Waals surface area contributed by atoms with Gasteiger partial charge in [0.2, 0.25) is 0 Å². The van der Waals surface area contributed by atoms with Gasteiger partial charge in [-0.05, 0) is 59.3 Å². The minimum Gasteiger partial charge on any atom is -0.376 e. The number of aryl methyl sites for hydroxylation is 1. The first-order chi connectivity index (χ1) is 16.1. The lowest BCUT2D eigenvalue weighted by molar-refractivity contribution is 0.0914. The van der Waals surface area contributed by atoms with E-state index in [1.165, 1.54) is 5.56 Å². The molecule has 0 bridgehead atoms. The van der Waals surface area contributed by atoms with Crippen LogP contribution in [-0.4, -0.2) is 42.8 Å². The molecule has 0 spiro atoms. The van der Waals surface area contributed by atoms with Gasteiger partial charge in [-0.15, -0.1) is 5.10 Å². The Kier molecular flexibility index (Phi) is 6.28. The van der Waals surface area contributed by atoms with Crippen molar-refractivity contribution in [3.63, 3.8) is 0 Å². The zero-order valence-electron chi connectivity index (χ0n) is 18.8. The molecule has 0 radical (unpaired) electrons. The Morgan fingerprint density at radius 2 is 2.00 bits per heavy atom. The first-order valence-electron chi connectivity index (χ1n) is 11.4. The Morgan fingerprint density at radius 1 is 1.12 bits per heavy atom. The lowest BCUT2D eigenvalue weighted by Gasteiger charge is -2.22. The number of nitrogens with zero attached hydrogens (tertiary/aromatic N) is 5. The number of rotatable bonds is 8. The van der Waals surface area contributed by atoms with Crippen LogP contribution >= 0.6 is 0 Å². The summed E-state index contributed by atoms with van der Waals surface area (Å²) >= 11 is 0. The number of nitrogens with one attached hydrogen (secondary N) is 1. The summed E-state index contributed by atoms with van der Waals surface area (Å²) in [4.78, 5) is 18.1. The van der Waals surface area contributed by atoms with E-state index in [1.54, 1.807) is 0 Å². The van der Waals surface area contributed by atoms with Crippen molar-refractivity contribution in [2.45, 2.75) is 52.0 Å². The van der Waals surface area contributed by atoms with Crippen molar-refractivity contribution in [3.8, 4) is 0 Å². The van der Waals surface area contributed by atoms with Crippen LogP contribution in [0.15, 0.2) is 59.4 Å². The van der Waals surface area contributed by atoms with Gasteiger partial charge >= 0.3 is 0 Å². The molecule has 5 rings (SSSR count). The predicted octanol–water partition coefficient (Wildman–Crippen LogP) is 3.20. The predicted molar refractivity (Wildman–Crippen MR) is 125 cm³/mol. The average molecular weight is 445 g/mol. The topological polar surface area (TPSA) is 88.9 Å². The van der Waals surface area contributed by atoms with Crippen LogP contribution in [-0.2, 0) is 30.9 Å². The second-order valence-electron chi connectivity index (χ2n) is 8.76. The molecule has 1 aliphatic heterocycles. The molecule has 2 aromatic heterocycles. The molecule has 1 N–H and O–H groups in total. The molecule has 0 aliphatic carbocycles. The largest absolute Gasteiger partial charge is 0.376 e. The van der Waals surface area contributed by atoms with Gasteiger partial charge in [-0.3, -0.25) is 9.69 Å². The van der Waals surface area contributed by atoms with Gasteiger partial charge in [-0.2, -0.15) is 0 Å². The summed E-state index contributed by atoms with van der Waals surface area (Å²) in [5, 5.41) is 13.4. The van der Waals surface area contributed by atoms with Crippen LogP contribution < -0.4 is 5.56 Å². The third-order valence-corrected chi connectivity index (χ3v) is 6.09. The van der Waals surface area contributed by atoms with Crippen LogP contribution in [0.1, 0.15) is 35.4 Å². The highest BCUT2D eigenvalue weighted by molar-refractivity contribution is 5.79. The van der Waals surface area contributed by atoms with Gasteiger partial charge in [0.15, 0.2) is 5.82 Å². The van der Waals surface area contributed by atoms with Gasteiger partial charge in [0.05, 0.1) is 19.2 Å². The number of hydrogen-bond acceptors (Lipinski definition) is 6. The van der Waals surface area contributed by atoms with Gasteiger partial charge in [0, 0.05) is 30.8 Å². The molecular formula is C25H28N6O2. The van der Waals surface area contributed by atoms with Crippen LogP contribution in [0.25, 0.3) is 10.9 Å². The van der Waals surface area contributed by atoms with Gasteiger partial charge in [0.1, 0.15) is 0 Å². The van der Waals surface area contributed by atoms with Crippen LogP contribution in [0.4, 0.5) is 0 Å². The Morgan fingerprint density at radius 3 is 2.82 bits per heavy atom. The van der Waals surface area contributed by atoms with Crippen LogP contribution in [0, 0.1) is 6.92 Å². The molecule has 1 atom stereocenters. The number of benzene rings is 2. The van der Waals surface area contributed by atoms with Crippen molar-refractivity contribution in [2.24, 2.45) is 0 Å². The van der Waals surface area contributed by atoms with E-state index < -0.39 is 0 Å². The molecule has 0 saturated carbocycles. The maximum atomic E-state index is 12.9. The van der Waals surface area contributed by atoms with Gasteiger partial charge in [0.25, 0.3) is 5.56 Å². The van der Waals surface area contributed by atoms with E-state index in [9.17, 15) is 4.79 Å². The van der Waals surface area contributed by atoms with Gasteiger partial charge in [-0.1, -0.05) is 42.0 Å². The molecule has 8 nitrogen and oxygen atoms in total. The van der Waals surface area contributed by atoms with Gasteiger partial charge < -0.3 is 9.72 Å². The van der Waals surface area contributed by atoms with Crippen LogP contribution in [0.3, 0.4) is 0 Å². The first-order valence-corrected chi connectivity index (χ1v) is 11.4. The lowest BCUT2D eigenvalue weighted by atomic mass is 10.1. The van der Waals surface area contributed by atoms with E-state index in [-0.39, 0.29) is 11.7 Å². The lowest BCUT2D eigenvalue weighted by Crippen LogP contribution is -2.29.